The SMILES string of the molecule is CC1CCCCC1(C)NC(=O)c1ccc(C(N)=O)cc1. The van der Waals surface area contributed by atoms with Gasteiger partial charge in [-0.25, -0.2) is 0 Å². The lowest BCUT2D eigenvalue weighted by atomic mass is 9.75. The first-order chi connectivity index (χ1) is 9.42. The Morgan fingerprint density at radius 1 is 1.20 bits per heavy atom. The third-order valence-electron chi connectivity index (χ3n) is 4.50. The van der Waals surface area contributed by atoms with Gasteiger partial charge in [0, 0.05) is 16.7 Å². The van der Waals surface area contributed by atoms with Gasteiger partial charge in [0.15, 0.2) is 0 Å². The van der Waals surface area contributed by atoms with Crippen molar-refractivity contribution < 1.29 is 9.59 Å². The van der Waals surface area contributed by atoms with E-state index in [1.165, 1.54) is 6.42 Å². The van der Waals surface area contributed by atoms with Gasteiger partial charge in [-0.05, 0) is 49.9 Å². The maximum Gasteiger partial charge on any atom is 0.251 e. The van der Waals surface area contributed by atoms with Gasteiger partial charge in [-0.3, -0.25) is 9.59 Å². The van der Waals surface area contributed by atoms with Gasteiger partial charge in [-0.1, -0.05) is 19.8 Å². The van der Waals surface area contributed by atoms with Crippen LogP contribution in [0.25, 0.3) is 0 Å². The van der Waals surface area contributed by atoms with Crippen molar-refractivity contribution >= 4 is 11.8 Å². The highest BCUT2D eigenvalue weighted by Crippen LogP contribution is 2.33. The van der Waals surface area contributed by atoms with Crippen molar-refractivity contribution in [3.05, 3.63) is 35.4 Å². The van der Waals surface area contributed by atoms with Gasteiger partial charge in [-0.15, -0.1) is 0 Å². The zero-order chi connectivity index (χ0) is 14.8. The van der Waals surface area contributed by atoms with E-state index in [0.717, 1.165) is 19.3 Å². The topological polar surface area (TPSA) is 72.2 Å². The third-order valence-corrected chi connectivity index (χ3v) is 4.50. The maximum atomic E-state index is 12.3. The first-order valence-electron chi connectivity index (χ1n) is 7.15. The first kappa shape index (κ1) is 14.6. The number of hydrogen-bond acceptors (Lipinski definition) is 2. The van der Waals surface area contributed by atoms with Gasteiger partial charge in [0.25, 0.3) is 5.91 Å². The van der Waals surface area contributed by atoms with E-state index in [9.17, 15) is 9.59 Å². The van der Waals surface area contributed by atoms with Gasteiger partial charge in [-0.2, -0.15) is 0 Å². The number of primary amides is 1. The predicted octanol–water partition coefficient (Wildman–Crippen LogP) is 2.48. The number of carbonyl (C=O) groups excluding carboxylic acids is 2. The summed E-state index contributed by atoms with van der Waals surface area (Å²) in [5.41, 5.74) is 6.03. The number of amides is 2. The zero-order valence-corrected chi connectivity index (χ0v) is 12.1. The van der Waals surface area contributed by atoms with Crippen LogP contribution in [0.2, 0.25) is 0 Å². The summed E-state index contributed by atoms with van der Waals surface area (Å²) in [5.74, 6) is -0.0906. The van der Waals surface area contributed by atoms with Crippen molar-refractivity contribution in [2.75, 3.05) is 0 Å². The summed E-state index contributed by atoms with van der Waals surface area (Å²) < 4.78 is 0. The summed E-state index contributed by atoms with van der Waals surface area (Å²) in [6.07, 6.45) is 4.55. The third kappa shape index (κ3) is 3.00. The quantitative estimate of drug-likeness (QED) is 0.888. The van der Waals surface area contributed by atoms with E-state index in [4.69, 9.17) is 5.73 Å². The average Bonchev–Trinajstić information content (AvgIpc) is 2.42. The van der Waals surface area contributed by atoms with Crippen molar-refractivity contribution in [1.29, 1.82) is 0 Å². The lowest BCUT2D eigenvalue weighted by molar-refractivity contribution is 0.0828. The molecule has 0 heterocycles. The Kier molecular flexibility index (Phi) is 4.12. The van der Waals surface area contributed by atoms with Crippen LogP contribution < -0.4 is 11.1 Å². The number of nitrogens with one attached hydrogen (secondary N) is 1. The average molecular weight is 274 g/mol. The predicted molar refractivity (Wildman–Crippen MR) is 78.5 cm³/mol. The normalized spacial score (nSPS) is 26.0. The van der Waals surface area contributed by atoms with E-state index < -0.39 is 5.91 Å². The number of hydrogen-bond donors (Lipinski definition) is 2. The Balaban J connectivity index is 2.09. The maximum absolute atomic E-state index is 12.3. The van der Waals surface area contributed by atoms with E-state index in [-0.39, 0.29) is 11.4 Å². The van der Waals surface area contributed by atoms with Crippen LogP contribution in [0.1, 0.15) is 60.2 Å². The summed E-state index contributed by atoms with van der Waals surface area (Å²) in [6, 6.07) is 6.46. The second kappa shape index (κ2) is 5.65. The fourth-order valence-corrected chi connectivity index (χ4v) is 2.81. The second-order valence-electron chi connectivity index (χ2n) is 5.96. The number of rotatable bonds is 3. The lowest BCUT2D eigenvalue weighted by Crippen LogP contribution is -2.52. The van der Waals surface area contributed by atoms with E-state index in [2.05, 4.69) is 19.2 Å². The number of benzene rings is 1. The molecule has 108 valence electrons. The van der Waals surface area contributed by atoms with Crippen molar-refractivity contribution in [3.8, 4) is 0 Å². The minimum Gasteiger partial charge on any atom is -0.366 e. The number of carbonyl (C=O) groups is 2. The minimum absolute atomic E-state index is 0.0859. The van der Waals surface area contributed by atoms with Crippen molar-refractivity contribution in [1.82, 2.24) is 5.32 Å². The molecule has 4 nitrogen and oxygen atoms in total. The van der Waals surface area contributed by atoms with E-state index in [1.54, 1.807) is 24.3 Å². The minimum atomic E-state index is -0.482. The Labute approximate surface area is 119 Å². The molecule has 0 saturated heterocycles. The highest BCUT2D eigenvalue weighted by molar-refractivity contribution is 5.97. The molecule has 0 aliphatic heterocycles. The zero-order valence-electron chi connectivity index (χ0n) is 12.1. The highest BCUT2D eigenvalue weighted by Gasteiger charge is 2.34. The molecule has 0 bridgehead atoms. The van der Waals surface area contributed by atoms with Gasteiger partial charge in [0.2, 0.25) is 5.91 Å². The molecular formula is C16H22N2O2. The molecule has 3 N–H and O–H groups in total. The Bertz CT molecular complexity index is 510. The summed E-state index contributed by atoms with van der Waals surface area (Å²) in [5, 5.41) is 3.15. The molecule has 20 heavy (non-hydrogen) atoms. The van der Waals surface area contributed by atoms with E-state index >= 15 is 0 Å². The molecule has 1 aliphatic rings. The molecule has 2 atom stereocenters. The van der Waals surface area contributed by atoms with Gasteiger partial charge in [0.1, 0.15) is 0 Å². The molecule has 2 unspecified atom stereocenters. The largest absolute Gasteiger partial charge is 0.366 e. The molecule has 2 rings (SSSR count). The van der Waals surface area contributed by atoms with Gasteiger partial charge in [0.05, 0.1) is 0 Å². The molecule has 1 aromatic rings. The highest BCUT2D eigenvalue weighted by atomic mass is 16.2. The molecule has 1 aromatic carbocycles. The molecule has 1 fully saturated rings. The molecule has 1 saturated carbocycles. The van der Waals surface area contributed by atoms with Crippen LogP contribution in [-0.4, -0.2) is 17.4 Å². The molecule has 4 heteroatoms. The van der Waals surface area contributed by atoms with E-state index in [1.807, 2.05) is 0 Å². The number of nitrogens with two attached hydrogens (primary N) is 1. The summed E-state index contributed by atoms with van der Waals surface area (Å²) in [4.78, 5) is 23.3. The fraction of sp³-hybridized carbons (Fsp3) is 0.500. The van der Waals surface area contributed by atoms with Crippen LogP contribution in [0.15, 0.2) is 24.3 Å². The van der Waals surface area contributed by atoms with Crippen LogP contribution in [0.3, 0.4) is 0 Å². The summed E-state index contributed by atoms with van der Waals surface area (Å²) in [6.45, 7) is 4.31. The molecular weight excluding hydrogens is 252 g/mol. The standard InChI is InChI=1S/C16H22N2O2/c1-11-5-3-4-10-16(11,2)18-15(20)13-8-6-12(7-9-13)14(17)19/h6-9,11H,3-5,10H2,1-2H3,(H2,17,19)(H,18,20). The molecule has 2 amide bonds. The molecule has 0 aromatic heterocycles. The van der Waals surface area contributed by atoms with Crippen LogP contribution >= 0.6 is 0 Å². The van der Waals surface area contributed by atoms with Crippen LogP contribution in [0.5, 0.6) is 0 Å². The Morgan fingerprint density at radius 2 is 1.80 bits per heavy atom. The fourth-order valence-electron chi connectivity index (χ4n) is 2.81. The monoisotopic (exact) mass is 274 g/mol. The van der Waals surface area contributed by atoms with Crippen LogP contribution in [-0.2, 0) is 0 Å². The first-order valence-corrected chi connectivity index (χ1v) is 7.15. The molecule has 0 spiro atoms. The van der Waals surface area contributed by atoms with Gasteiger partial charge >= 0.3 is 0 Å². The smallest absolute Gasteiger partial charge is 0.251 e. The molecule has 0 radical (unpaired) electrons. The lowest BCUT2D eigenvalue weighted by Gasteiger charge is -2.40. The van der Waals surface area contributed by atoms with E-state index in [0.29, 0.717) is 17.0 Å². The molecule has 1 aliphatic carbocycles. The van der Waals surface area contributed by atoms with Crippen LogP contribution in [0.4, 0.5) is 0 Å². The second-order valence-corrected chi connectivity index (χ2v) is 5.96. The summed E-state index contributed by atoms with van der Waals surface area (Å²) >= 11 is 0. The van der Waals surface area contributed by atoms with Crippen molar-refractivity contribution in [3.63, 3.8) is 0 Å². The van der Waals surface area contributed by atoms with Gasteiger partial charge < -0.3 is 11.1 Å². The summed E-state index contributed by atoms with van der Waals surface area (Å²) in [7, 11) is 0. The Morgan fingerprint density at radius 3 is 2.35 bits per heavy atom. The Hall–Kier alpha value is -1.84. The van der Waals surface area contributed by atoms with Crippen molar-refractivity contribution in [2.45, 2.75) is 45.1 Å². The van der Waals surface area contributed by atoms with Crippen LogP contribution in [0, 0.1) is 5.92 Å². The van der Waals surface area contributed by atoms with Crippen molar-refractivity contribution in [2.24, 2.45) is 11.7 Å².